The molecule has 0 aliphatic rings. The van der Waals surface area contributed by atoms with Crippen molar-refractivity contribution in [2.24, 2.45) is 0 Å². The van der Waals surface area contributed by atoms with Crippen LogP contribution in [0, 0.1) is 19.7 Å². The maximum absolute atomic E-state index is 13.3. The van der Waals surface area contributed by atoms with Crippen LogP contribution in [-0.4, -0.2) is 28.6 Å². The Kier molecular flexibility index (Phi) is 5.57. The number of aryl methyl sites for hydroxylation is 1. The first kappa shape index (κ1) is 19.1. The van der Waals surface area contributed by atoms with Crippen molar-refractivity contribution in [2.75, 3.05) is 0 Å². The highest BCUT2D eigenvalue weighted by molar-refractivity contribution is 9.10. The lowest BCUT2D eigenvalue weighted by molar-refractivity contribution is 0.0315. The van der Waals surface area contributed by atoms with Crippen molar-refractivity contribution in [2.45, 2.75) is 33.8 Å². The third kappa shape index (κ3) is 3.87. The van der Waals surface area contributed by atoms with Gasteiger partial charge in [0, 0.05) is 15.7 Å². The highest BCUT2D eigenvalue weighted by Crippen LogP contribution is 2.22. The van der Waals surface area contributed by atoms with E-state index in [4.69, 9.17) is 4.74 Å². The van der Waals surface area contributed by atoms with Crippen molar-refractivity contribution in [1.82, 2.24) is 4.98 Å². The Morgan fingerprint density at radius 3 is 2.44 bits per heavy atom. The molecule has 0 radical (unpaired) electrons. The van der Waals surface area contributed by atoms with E-state index in [0.29, 0.717) is 21.3 Å². The van der Waals surface area contributed by atoms with Gasteiger partial charge in [-0.25, -0.2) is 9.18 Å². The smallest absolute Gasteiger partial charge is 0.340 e. The molecule has 2 aromatic rings. The Bertz CT molecular complexity index is 872. The number of hydrogen-bond donors (Lipinski definition) is 1. The third-order valence-corrected chi connectivity index (χ3v) is 4.53. The largest absolute Gasteiger partial charge is 0.451 e. The van der Waals surface area contributed by atoms with Crippen molar-refractivity contribution in [1.29, 1.82) is 0 Å². The molecule has 0 spiro atoms. The Hall–Kier alpha value is -2.28. The average Bonchev–Trinajstić information content (AvgIpc) is 2.83. The van der Waals surface area contributed by atoms with Crippen LogP contribution < -0.4 is 0 Å². The number of esters is 1. The van der Waals surface area contributed by atoms with Gasteiger partial charge in [0.05, 0.1) is 11.3 Å². The van der Waals surface area contributed by atoms with Gasteiger partial charge < -0.3 is 9.72 Å². The van der Waals surface area contributed by atoms with E-state index in [9.17, 15) is 18.8 Å². The van der Waals surface area contributed by atoms with E-state index in [-0.39, 0.29) is 17.0 Å². The van der Waals surface area contributed by atoms with Gasteiger partial charge in [-0.3, -0.25) is 9.59 Å². The molecule has 132 valence electrons. The summed E-state index contributed by atoms with van der Waals surface area (Å²) in [5.41, 5.74) is 1.77. The van der Waals surface area contributed by atoms with Crippen LogP contribution in [-0.2, 0) is 4.74 Å². The van der Waals surface area contributed by atoms with Crippen LogP contribution in [0.3, 0.4) is 0 Å². The molecule has 0 saturated carbocycles. The van der Waals surface area contributed by atoms with Crippen LogP contribution in [0.1, 0.15) is 56.3 Å². The van der Waals surface area contributed by atoms with Crippen molar-refractivity contribution in [3.8, 4) is 0 Å². The molecular weight excluding hydrogens is 393 g/mol. The molecule has 2 rings (SSSR count). The van der Waals surface area contributed by atoms with Gasteiger partial charge in [0.2, 0.25) is 5.78 Å². The summed E-state index contributed by atoms with van der Waals surface area (Å²) >= 11 is 3.15. The normalized spacial score (nSPS) is 11.9. The van der Waals surface area contributed by atoms with E-state index < -0.39 is 23.7 Å². The van der Waals surface area contributed by atoms with Gasteiger partial charge in [-0.15, -0.1) is 0 Å². The summed E-state index contributed by atoms with van der Waals surface area (Å²) in [5.74, 6) is -2.02. The molecule has 0 amide bonds. The number of benzene rings is 1. The second-order valence-electron chi connectivity index (χ2n) is 5.72. The first-order valence-corrected chi connectivity index (χ1v) is 8.33. The summed E-state index contributed by atoms with van der Waals surface area (Å²) in [7, 11) is 0. The van der Waals surface area contributed by atoms with Gasteiger partial charge in [-0.2, -0.15) is 0 Å². The summed E-state index contributed by atoms with van der Waals surface area (Å²) in [5, 5.41) is 0. The minimum absolute atomic E-state index is 0.0107. The monoisotopic (exact) mass is 409 g/mol. The third-order valence-electron chi connectivity index (χ3n) is 3.84. The lowest BCUT2D eigenvalue weighted by Crippen LogP contribution is -2.25. The molecule has 0 aliphatic carbocycles. The standard InChI is InChI=1S/C18H17BrFNO4/c1-8-15(10(3)22)9(2)21-16(8)17(23)11(4)25-18(24)13-7-12(20)5-6-14(13)19/h5-7,11,21H,1-4H3/t11-/m1/s1. The van der Waals surface area contributed by atoms with E-state index in [1.54, 1.807) is 13.8 Å². The molecule has 5 nitrogen and oxygen atoms in total. The fourth-order valence-electron chi connectivity index (χ4n) is 2.66. The van der Waals surface area contributed by atoms with Gasteiger partial charge in [0.1, 0.15) is 5.82 Å². The van der Waals surface area contributed by atoms with Gasteiger partial charge in [0.15, 0.2) is 11.9 Å². The van der Waals surface area contributed by atoms with Crippen LogP contribution in [0.2, 0.25) is 0 Å². The van der Waals surface area contributed by atoms with Crippen LogP contribution in [0.25, 0.3) is 0 Å². The molecule has 0 unspecified atom stereocenters. The first-order valence-electron chi connectivity index (χ1n) is 7.53. The number of carbonyl (C=O) groups is 3. The number of rotatable bonds is 5. The maximum atomic E-state index is 13.3. The molecule has 1 aromatic carbocycles. The molecule has 25 heavy (non-hydrogen) atoms. The zero-order valence-corrected chi connectivity index (χ0v) is 15.8. The minimum Gasteiger partial charge on any atom is -0.451 e. The van der Waals surface area contributed by atoms with Crippen LogP contribution in [0.4, 0.5) is 4.39 Å². The molecular formula is C18H17BrFNO4. The number of aromatic nitrogens is 1. The quantitative estimate of drug-likeness (QED) is 0.593. The highest BCUT2D eigenvalue weighted by atomic mass is 79.9. The summed E-state index contributed by atoms with van der Waals surface area (Å²) in [6.07, 6.45) is -1.10. The Morgan fingerprint density at radius 1 is 1.24 bits per heavy atom. The summed E-state index contributed by atoms with van der Waals surface area (Å²) in [6.45, 7) is 6.20. The Labute approximate surface area is 152 Å². The summed E-state index contributed by atoms with van der Waals surface area (Å²) in [4.78, 5) is 39.3. The lowest BCUT2D eigenvalue weighted by atomic mass is 10.0. The number of ether oxygens (including phenoxy) is 1. The second kappa shape index (κ2) is 7.31. The molecule has 0 bridgehead atoms. The average molecular weight is 410 g/mol. The molecule has 1 aromatic heterocycles. The van der Waals surface area contributed by atoms with E-state index in [2.05, 4.69) is 20.9 Å². The number of halogens is 2. The Balaban J connectivity index is 2.24. The van der Waals surface area contributed by atoms with Crippen molar-refractivity contribution in [3.63, 3.8) is 0 Å². The SMILES string of the molecule is CC(=O)c1c(C)[nH]c(C(=O)[C@@H](C)OC(=O)c2cc(F)ccc2Br)c1C. The van der Waals surface area contributed by atoms with E-state index in [1.165, 1.54) is 26.0 Å². The zero-order valence-electron chi connectivity index (χ0n) is 14.2. The number of Topliss-reactive ketones (excluding diaryl/α,β-unsaturated/α-hetero) is 2. The minimum atomic E-state index is -1.10. The fraction of sp³-hybridized carbons (Fsp3) is 0.278. The number of H-pyrrole nitrogens is 1. The van der Waals surface area contributed by atoms with Gasteiger partial charge in [0.25, 0.3) is 0 Å². The first-order chi connectivity index (χ1) is 11.6. The van der Waals surface area contributed by atoms with Crippen molar-refractivity contribution < 1.29 is 23.5 Å². The number of ketones is 2. The number of aromatic amines is 1. The fourth-order valence-corrected chi connectivity index (χ4v) is 3.07. The van der Waals surface area contributed by atoms with Gasteiger partial charge in [-0.1, -0.05) is 0 Å². The molecule has 1 atom stereocenters. The molecule has 1 N–H and O–H groups in total. The number of nitrogens with one attached hydrogen (secondary N) is 1. The van der Waals surface area contributed by atoms with Crippen LogP contribution in [0.15, 0.2) is 22.7 Å². The van der Waals surface area contributed by atoms with E-state index in [1.807, 2.05) is 0 Å². The molecule has 0 fully saturated rings. The summed E-state index contributed by atoms with van der Waals surface area (Å²) < 4.78 is 18.8. The molecule has 7 heteroatoms. The topological polar surface area (TPSA) is 76.2 Å². The second-order valence-corrected chi connectivity index (χ2v) is 6.57. The molecule has 0 aliphatic heterocycles. The van der Waals surface area contributed by atoms with Crippen LogP contribution in [0.5, 0.6) is 0 Å². The van der Waals surface area contributed by atoms with E-state index in [0.717, 1.165) is 6.07 Å². The summed E-state index contributed by atoms with van der Waals surface area (Å²) in [6, 6.07) is 3.61. The van der Waals surface area contributed by atoms with Crippen molar-refractivity contribution >= 4 is 33.5 Å². The van der Waals surface area contributed by atoms with E-state index >= 15 is 0 Å². The van der Waals surface area contributed by atoms with Gasteiger partial charge >= 0.3 is 5.97 Å². The predicted molar refractivity (Wildman–Crippen MR) is 93.6 cm³/mol. The molecule has 0 saturated heterocycles. The van der Waals surface area contributed by atoms with Crippen molar-refractivity contribution in [3.05, 3.63) is 56.6 Å². The van der Waals surface area contributed by atoms with Crippen LogP contribution >= 0.6 is 15.9 Å². The number of hydrogen-bond acceptors (Lipinski definition) is 4. The number of carbonyl (C=O) groups excluding carboxylic acids is 3. The molecule has 1 heterocycles. The highest BCUT2D eigenvalue weighted by Gasteiger charge is 2.27. The zero-order chi connectivity index (χ0) is 18.9. The van der Waals surface area contributed by atoms with Gasteiger partial charge in [-0.05, 0) is 67.4 Å². The lowest BCUT2D eigenvalue weighted by Gasteiger charge is -2.13. The maximum Gasteiger partial charge on any atom is 0.340 e. The Morgan fingerprint density at radius 2 is 1.88 bits per heavy atom. The predicted octanol–water partition coefficient (Wildman–Crippen LogP) is 4.16.